The van der Waals surface area contributed by atoms with Crippen LogP contribution in [0.5, 0.6) is 0 Å². The summed E-state index contributed by atoms with van der Waals surface area (Å²) in [5, 5.41) is 13.0. The first-order chi connectivity index (χ1) is 19.9. The minimum Gasteiger partial charge on any atom is -0.370 e. The van der Waals surface area contributed by atoms with Crippen molar-refractivity contribution in [2.45, 2.75) is 39.5 Å². The number of nitrogens with one attached hydrogen (secondary N) is 1. The predicted octanol–water partition coefficient (Wildman–Crippen LogP) is 6.08. The number of benzene rings is 3. The molecule has 3 aliphatic heterocycles. The number of anilines is 3. The van der Waals surface area contributed by atoms with E-state index >= 15 is 0 Å². The van der Waals surface area contributed by atoms with E-state index in [2.05, 4.69) is 78.0 Å². The Labute approximate surface area is 243 Å². The molecule has 0 atom stereocenters. The number of amides is 1. The number of hydrogen-bond acceptors (Lipinski definition) is 5. The van der Waals surface area contributed by atoms with Crippen LogP contribution in [0.15, 0.2) is 66.9 Å². The van der Waals surface area contributed by atoms with Gasteiger partial charge in [0.15, 0.2) is 0 Å². The molecule has 2 fully saturated rings. The molecule has 41 heavy (non-hydrogen) atoms. The number of aryl methyl sites for hydroxylation is 2. The molecular weight excluding hydrogens is 506 g/mol. The van der Waals surface area contributed by atoms with Crippen molar-refractivity contribution >= 4 is 23.0 Å². The molecule has 0 saturated carbocycles. The van der Waals surface area contributed by atoms with Crippen molar-refractivity contribution in [3.8, 4) is 6.07 Å². The molecule has 1 N–H and O–H groups in total. The van der Waals surface area contributed by atoms with Gasteiger partial charge in [-0.3, -0.25) is 4.79 Å². The Morgan fingerprint density at radius 3 is 2.39 bits per heavy atom. The lowest BCUT2D eigenvalue weighted by Crippen LogP contribution is -2.49. The quantitative estimate of drug-likeness (QED) is 0.421. The molecule has 3 aromatic carbocycles. The number of rotatable bonds is 5. The molecule has 0 aliphatic carbocycles. The van der Waals surface area contributed by atoms with Gasteiger partial charge in [0.2, 0.25) is 0 Å². The van der Waals surface area contributed by atoms with Gasteiger partial charge in [-0.05, 0) is 85.5 Å². The number of nitriles is 1. The van der Waals surface area contributed by atoms with Crippen LogP contribution < -0.4 is 15.1 Å². The maximum Gasteiger partial charge on any atom is 0.254 e. The number of piperidine rings is 1. The molecular formula is C35H39N5O. The van der Waals surface area contributed by atoms with Gasteiger partial charge in [-0.1, -0.05) is 36.9 Å². The third kappa shape index (κ3) is 5.41. The molecule has 3 aliphatic rings. The summed E-state index contributed by atoms with van der Waals surface area (Å²) in [6.45, 7) is 13.3. The highest BCUT2D eigenvalue weighted by Gasteiger charge is 2.28. The Balaban J connectivity index is 1.10. The average molecular weight is 546 g/mol. The van der Waals surface area contributed by atoms with Gasteiger partial charge < -0.3 is 20.0 Å². The Hall–Kier alpha value is -4.24. The number of hydrogen-bond donors (Lipinski definition) is 1. The maximum absolute atomic E-state index is 13.8. The van der Waals surface area contributed by atoms with Crippen molar-refractivity contribution in [3.63, 3.8) is 0 Å². The van der Waals surface area contributed by atoms with Gasteiger partial charge in [0, 0.05) is 56.9 Å². The lowest BCUT2D eigenvalue weighted by molar-refractivity contribution is 0.0746. The van der Waals surface area contributed by atoms with Crippen molar-refractivity contribution in [3.05, 3.63) is 100 Å². The highest BCUT2D eigenvalue weighted by molar-refractivity contribution is 5.96. The standard InChI is InChI=1S/C35H39N5O/c1-24-19-25(2)31(22-30(24)21-27-11-13-38(14-12-27)32-9-5-4-7-29(32)23-36)35(41)40-17-15-39(16-18-40)33-10-6-8-28-20-26(3)37-34(28)33/h4-10,19,22,27,37H,3,11-18,20-21H2,1-2H3. The third-order valence-corrected chi connectivity index (χ3v) is 9.14. The first-order valence-corrected chi connectivity index (χ1v) is 14.9. The van der Waals surface area contributed by atoms with Crippen LogP contribution >= 0.6 is 0 Å². The van der Waals surface area contributed by atoms with Gasteiger partial charge in [-0.25, -0.2) is 0 Å². The van der Waals surface area contributed by atoms with E-state index in [4.69, 9.17) is 0 Å². The highest BCUT2D eigenvalue weighted by Crippen LogP contribution is 2.37. The van der Waals surface area contributed by atoms with E-state index in [0.717, 1.165) is 79.9 Å². The summed E-state index contributed by atoms with van der Waals surface area (Å²) in [6, 6.07) is 21.1. The summed E-state index contributed by atoms with van der Waals surface area (Å²) >= 11 is 0. The van der Waals surface area contributed by atoms with Crippen LogP contribution in [0.4, 0.5) is 17.1 Å². The van der Waals surface area contributed by atoms with Gasteiger partial charge in [-0.15, -0.1) is 0 Å². The Morgan fingerprint density at radius 2 is 1.63 bits per heavy atom. The van der Waals surface area contributed by atoms with Crippen molar-refractivity contribution < 1.29 is 4.79 Å². The van der Waals surface area contributed by atoms with E-state index in [1.807, 2.05) is 23.1 Å². The minimum atomic E-state index is 0.149. The number of para-hydroxylation sites is 2. The number of allylic oxidation sites excluding steroid dienone is 1. The SMILES string of the molecule is C=C1Cc2cccc(N3CCN(C(=O)c4cc(CC5CCN(c6ccccc6C#N)CC5)c(C)cc4C)CC3)c2N1. The third-order valence-electron chi connectivity index (χ3n) is 9.14. The van der Waals surface area contributed by atoms with E-state index in [1.54, 1.807) is 0 Å². The molecule has 210 valence electrons. The molecule has 2 saturated heterocycles. The van der Waals surface area contributed by atoms with Crippen LogP contribution in [0, 0.1) is 31.1 Å². The lowest BCUT2D eigenvalue weighted by Gasteiger charge is -2.37. The lowest BCUT2D eigenvalue weighted by atomic mass is 9.86. The molecule has 3 heterocycles. The van der Waals surface area contributed by atoms with Crippen molar-refractivity contribution in [1.29, 1.82) is 5.26 Å². The first kappa shape index (κ1) is 27.0. The van der Waals surface area contributed by atoms with Crippen molar-refractivity contribution in [2.24, 2.45) is 5.92 Å². The maximum atomic E-state index is 13.8. The van der Waals surface area contributed by atoms with Crippen LogP contribution in [-0.2, 0) is 12.8 Å². The number of carbonyl (C=O) groups excluding carboxylic acids is 1. The smallest absolute Gasteiger partial charge is 0.254 e. The average Bonchev–Trinajstić information content (AvgIpc) is 3.39. The highest BCUT2D eigenvalue weighted by atomic mass is 16.2. The Kier molecular flexibility index (Phi) is 7.45. The molecule has 6 rings (SSSR count). The molecule has 0 radical (unpaired) electrons. The van der Waals surface area contributed by atoms with Crippen LogP contribution in [0.25, 0.3) is 0 Å². The molecule has 1 amide bonds. The van der Waals surface area contributed by atoms with Gasteiger partial charge in [0.1, 0.15) is 6.07 Å². The predicted molar refractivity (Wildman–Crippen MR) is 167 cm³/mol. The molecule has 6 heteroatoms. The minimum absolute atomic E-state index is 0.149. The molecule has 6 nitrogen and oxygen atoms in total. The fourth-order valence-corrected chi connectivity index (χ4v) is 6.79. The Morgan fingerprint density at radius 1 is 0.927 bits per heavy atom. The summed E-state index contributed by atoms with van der Waals surface area (Å²) in [5.74, 6) is 0.724. The van der Waals surface area contributed by atoms with Crippen molar-refractivity contribution in [1.82, 2.24) is 4.90 Å². The summed E-state index contributed by atoms with van der Waals surface area (Å²) in [5.41, 5.74) is 11.0. The second-order valence-electron chi connectivity index (χ2n) is 11.9. The van der Waals surface area contributed by atoms with Crippen molar-refractivity contribution in [2.75, 3.05) is 54.4 Å². The largest absolute Gasteiger partial charge is 0.370 e. The normalized spacial score (nSPS) is 17.3. The Bertz CT molecular complexity index is 1520. The van der Waals surface area contributed by atoms with Gasteiger partial charge in [0.05, 0.1) is 22.6 Å². The molecule has 0 unspecified atom stereocenters. The second kappa shape index (κ2) is 11.3. The van der Waals surface area contributed by atoms with Gasteiger partial charge >= 0.3 is 0 Å². The molecule has 3 aromatic rings. The molecule has 0 spiro atoms. The molecule has 0 bridgehead atoms. The van der Waals surface area contributed by atoms with Crippen LogP contribution in [-0.4, -0.2) is 50.1 Å². The van der Waals surface area contributed by atoms with Crippen LogP contribution in [0.2, 0.25) is 0 Å². The number of carbonyl (C=O) groups is 1. The second-order valence-corrected chi connectivity index (χ2v) is 11.9. The molecule has 0 aromatic heterocycles. The summed E-state index contributed by atoms with van der Waals surface area (Å²) in [7, 11) is 0. The van der Waals surface area contributed by atoms with Crippen LogP contribution in [0.1, 0.15) is 51.0 Å². The van der Waals surface area contributed by atoms with E-state index in [-0.39, 0.29) is 5.91 Å². The van der Waals surface area contributed by atoms with Crippen LogP contribution in [0.3, 0.4) is 0 Å². The zero-order valence-corrected chi connectivity index (χ0v) is 24.2. The first-order valence-electron chi connectivity index (χ1n) is 14.9. The fourth-order valence-electron chi connectivity index (χ4n) is 6.79. The van der Waals surface area contributed by atoms with Gasteiger partial charge in [-0.2, -0.15) is 5.26 Å². The zero-order chi connectivity index (χ0) is 28.5. The zero-order valence-electron chi connectivity index (χ0n) is 24.2. The fraction of sp³-hybridized carbons (Fsp3) is 0.371. The number of piperazine rings is 1. The topological polar surface area (TPSA) is 62.6 Å². The van der Waals surface area contributed by atoms with E-state index < -0.39 is 0 Å². The summed E-state index contributed by atoms with van der Waals surface area (Å²) < 4.78 is 0. The number of nitrogens with zero attached hydrogens (tertiary/aromatic N) is 4. The summed E-state index contributed by atoms with van der Waals surface area (Å²) in [6.07, 6.45) is 4.05. The van der Waals surface area contributed by atoms with E-state index in [0.29, 0.717) is 19.0 Å². The number of fused-ring (bicyclic) bond motifs is 1. The van der Waals surface area contributed by atoms with Gasteiger partial charge in [0.25, 0.3) is 5.91 Å². The van der Waals surface area contributed by atoms with E-state index in [9.17, 15) is 10.1 Å². The van der Waals surface area contributed by atoms with E-state index in [1.165, 1.54) is 28.1 Å². The summed E-state index contributed by atoms with van der Waals surface area (Å²) in [4.78, 5) is 20.5. The monoisotopic (exact) mass is 545 g/mol.